The van der Waals surface area contributed by atoms with Crippen molar-refractivity contribution in [3.8, 4) is 0 Å². The first-order chi connectivity index (χ1) is 15.2. The first-order valence-corrected chi connectivity index (χ1v) is 12.9. The summed E-state index contributed by atoms with van der Waals surface area (Å²) < 4.78 is 32.5. The summed E-state index contributed by atoms with van der Waals surface area (Å²) in [5.41, 5.74) is 1.01. The van der Waals surface area contributed by atoms with Crippen LogP contribution in [0.4, 0.5) is 5.69 Å². The zero-order valence-electron chi connectivity index (χ0n) is 18.4. The van der Waals surface area contributed by atoms with Gasteiger partial charge in [0.25, 0.3) is 5.91 Å². The number of anilines is 1. The van der Waals surface area contributed by atoms with Gasteiger partial charge in [-0.05, 0) is 56.2 Å². The molecule has 0 spiro atoms. The number of nitrogens with zero attached hydrogens (tertiary/aromatic N) is 1. The number of amides is 1. The van der Waals surface area contributed by atoms with E-state index < -0.39 is 16.0 Å². The van der Waals surface area contributed by atoms with Gasteiger partial charge in [0.05, 0.1) is 16.1 Å². The van der Waals surface area contributed by atoms with Crippen LogP contribution >= 0.6 is 11.8 Å². The summed E-state index contributed by atoms with van der Waals surface area (Å²) in [6.45, 7) is 5.95. The number of benzene rings is 2. The number of fused-ring (bicyclic) bond motifs is 1. The lowest BCUT2D eigenvalue weighted by atomic mass is 10.2. The number of para-hydroxylation sites is 1. The van der Waals surface area contributed by atoms with Crippen molar-refractivity contribution in [1.29, 1.82) is 0 Å². The van der Waals surface area contributed by atoms with Gasteiger partial charge in [-0.1, -0.05) is 26.0 Å². The van der Waals surface area contributed by atoms with Crippen LogP contribution in [-0.2, 0) is 19.6 Å². The molecule has 2 atom stereocenters. The second kappa shape index (κ2) is 10.5. The van der Waals surface area contributed by atoms with E-state index in [0.717, 1.165) is 17.0 Å². The summed E-state index contributed by atoms with van der Waals surface area (Å²) >= 11 is 1.73. The minimum Gasteiger partial charge on any atom is -0.452 e. The average molecular weight is 477 g/mol. The summed E-state index contributed by atoms with van der Waals surface area (Å²) in [5, 5.41) is 0.376. The summed E-state index contributed by atoms with van der Waals surface area (Å²) in [5.74, 6) is -0.972. The molecule has 1 amide bonds. The van der Waals surface area contributed by atoms with Crippen molar-refractivity contribution < 1.29 is 22.7 Å². The SMILES string of the molecule is CCC(C)NS(=O)(=O)c1ccc(C(=O)OCC(=O)N2CCC(C)Sc3ccccc32)cc1. The van der Waals surface area contributed by atoms with Gasteiger partial charge >= 0.3 is 5.97 Å². The van der Waals surface area contributed by atoms with Crippen LogP contribution in [0.2, 0.25) is 0 Å². The lowest BCUT2D eigenvalue weighted by molar-refractivity contribution is -0.121. The van der Waals surface area contributed by atoms with Crippen molar-refractivity contribution in [2.75, 3.05) is 18.1 Å². The molecule has 2 aromatic rings. The Morgan fingerprint density at radius 2 is 1.88 bits per heavy atom. The first-order valence-electron chi connectivity index (χ1n) is 10.6. The van der Waals surface area contributed by atoms with Gasteiger partial charge < -0.3 is 9.64 Å². The molecular formula is C23H28N2O5S2. The van der Waals surface area contributed by atoms with Gasteiger partial charge in [-0.25, -0.2) is 17.9 Å². The second-order valence-electron chi connectivity index (χ2n) is 7.76. The van der Waals surface area contributed by atoms with Gasteiger partial charge in [0.2, 0.25) is 10.0 Å². The molecule has 172 valence electrons. The van der Waals surface area contributed by atoms with Gasteiger partial charge in [-0.2, -0.15) is 0 Å². The van der Waals surface area contributed by atoms with E-state index in [1.165, 1.54) is 24.3 Å². The zero-order valence-corrected chi connectivity index (χ0v) is 20.0. The molecule has 2 aromatic carbocycles. The molecule has 0 saturated heterocycles. The lowest BCUT2D eigenvalue weighted by Gasteiger charge is -2.22. The van der Waals surface area contributed by atoms with E-state index in [1.54, 1.807) is 23.6 Å². The Morgan fingerprint density at radius 1 is 1.19 bits per heavy atom. The molecule has 0 saturated carbocycles. The van der Waals surface area contributed by atoms with Crippen molar-refractivity contribution in [3.05, 3.63) is 54.1 Å². The molecular weight excluding hydrogens is 448 g/mol. The largest absolute Gasteiger partial charge is 0.452 e. The lowest BCUT2D eigenvalue weighted by Crippen LogP contribution is -2.35. The van der Waals surface area contributed by atoms with Crippen LogP contribution in [0.1, 0.15) is 44.0 Å². The average Bonchev–Trinajstić information content (AvgIpc) is 2.95. The molecule has 0 radical (unpaired) electrons. The summed E-state index contributed by atoms with van der Waals surface area (Å²) in [7, 11) is -3.66. The van der Waals surface area contributed by atoms with Crippen LogP contribution in [0.25, 0.3) is 0 Å². The Bertz CT molecular complexity index is 1070. The van der Waals surface area contributed by atoms with Crippen molar-refractivity contribution >= 4 is 39.3 Å². The minimum absolute atomic E-state index is 0.0678. The molecule has 1 N–H and O–H groups in total. The van der Waals surface area contributed by atoms with Crippen LogP contribution in [0.15, 0.2) is 58.3 Å². The Morgan fingerprint density at radius 3 is 2.56 bits per heavy atom. The van der Waals surface area contributed by atoms with Crippen molar-refractivity contribution in [3.63, 3.8) is 0 Å². The fraction of sp³-hybridized carbons (Fsp3) is 0.391. The second-order valence-corrected chi connectivity index (χ2v) is 11.0. The molecule has 0 fully saturated rings. The quantitative estimate of drug-likeness (QED) is 0.611. The number of carbonyl (C=O) groups excluding carboxylic acids is 2. The molecule has 7 nitrogen and oxygen atoms in total. The van der Waals surface area contributed by atoms with Gasteiger partial charge in [0.1, 0.15) is 0 Å². The van der Waals surface area contributed by atoms with Crippen molar-refractivity contribution in [1.82, 2.24) is 4.72 Å². The summed E-state index contributed by atoms with van der Waals surface area (Å²) in [6, 6.07) is 13.0. The van der Waals surface area contributed by atoms with Gasteiger partial charge in [-0.3, -0.25) is 4.79 Å². The Labute approximate surface area is 193 Å². The molecule has 0 bridgehead atoms. The molecule has 1 aliphatic rings. The number of rotatable bonds is 7. The third-order valence-corrected chi connectivity index (χ3v) is 8.08. The van der Waals surface area contributed by atoms with E-state index in [-0.39, 0.29) is 29.0 Å². The first kappa shape index (κ1) is 24.3. The summed E-state index contributed by atoms with van der Waals surface area (Å²) in [4.78, 5) is 28.0. The van der Waals surface area contributed by atoms with E-state index in [1.807, 2.05) is 31.2 Å². The van der Waals surface area contributed by atoms with Crippen molar-refractivity contribution in [2.24, 2.45) is 0 Å². The maximum atomic E-state index is 12.8. The maximum Gasteiger partial charge on any atom is 0.338 e. The highest BCUT2D eigenvalue weighted by molar-refractivity contribution is 8.00. The molecule has 0 aromatic heterocycles. The van der Waals surface area contributed by atoms with E-state index in [4.69, 9.17) is 4.74 Å². The fourth-order valence-electron chi connectivity index (χ4n) is 3.22. The highest BCUT2D eigenvalue weighted by Crippen LogP contribution is 2.37. The third kappa shape index (κ3) is 5.90. The molecule has 9 heteroatoms. The fourth-order valence-corrected chi connectivity index (χ4v) is 5.66. The Hall–Kier alpha value is -2.36. The number of carbonyl (C=O) groups is 2. The minimum atomic E-state index is -3.66. The molecule has 2 unspecified atom stereocenters. The summed E-state index contributed by atoms with van der Waals surface area (Å²) in [6.07, 6.45) is 1.50. The number of esters is 1. The van der Waals surface area contributed by atoms with E-state index >= 15 is 0 Å². The number of hydrogen-bond donors (Lipinski definition) is 1. The van der Waals surface area contributed by atoms with Gasteiger partial charge in [0, 0.05) is 22.7 Å². The maximum absolute atomic E-state index is 12.8. The van der Waals surface area contributed by atoms with Crippen LogP contribution in [-0.4, -0.2) is 44.7 Å². The normalized spacial score (nSPS) is 17.2. The number of thioether (sulfide) groups is 1. The highest BCUT2D eigenvalue weighted by atomic mass is 32.2. The predicted molar refractivity (Wildman–Crippen MR) is 126 cm³/mol. The molecule has 3 rings (SSSR count). The molecule has 0 aliphatic carbocycles. The Kier molecular flexibility index (Phi) is 7.97. The standard InChI is InChI=1S/C23H28N2O5S2/c1-4-16(2)24-32(28,29)19-11-9-18(10-12-19)23(27)30-15-22(26)25-14-13-17(3)31-21-8-6-5-7-20(21)25/h5-12,16-17,24H,4,13-15H2,1-3H3. The number of ether oxygens (including phenoxy) is 1. The predicted octanol–water partition coefficient (Wildman–Crippen LogP) is 3.84. The number of sulfonamides is 1. The van der Waals surface area contributed by atoms with E-state index in [9.17, 15) is 18.0 Å². The molecule has 1 heterocycles. The smallest absolute Gasteiger partial charge is 0.338 e. The monoisotopic (exact) mass is 476 g/mol. The van der Waals surface area contributed by atoms with Gasteiger partial charge in [0.15, 0.2) is 6.61 Å². The topological polar surface area (TPSA) is 92.8 Å². The van der Waals surface area contributed by atoms with E-state index in [0.29, 0.717) is 18.2 Å². The Balaban J connectivity index is 1.64. The zero-order chi connectivity index (χ0) is 23.3. The van der Waals surface area contributed by atoms with Crippen LogP contribution in [0.5, 0.6) is 0 Å². The van der Waals surface area contributed by atoms with Crippen LogP contribution in [0.3, 0.4) is 0 Å². The molecule has 32 heavy (non-hydrogen) atoms. The van der Waals surface area contributed by atoms with Crippen molar-refractivity contribution in [2.45, 2.75) is 54.7 Å². The third-order valence-electron chi connectivity index (χ3n) is 5.24. The number of hydrogen-bond acceptors (Lipinski definition) is 6. The number of nitrogens with one attached hydrogen (secondary N) is 1. The van der Waals surface area contributed by atoms with Gasteiger partial charge in [-0.15, -0.1) is 11.8 Å². The van der Waals surface area contributed by atoms with Crippen LogP contribution < -0.4 is 9.62 Å². The highest BCUT2D eigenvalue weighted by Gasteiger charge is 2.25. The van der Waals surface area contributed by atoms with Crippen LogP contribution in [0, 0.1) is 0 Å². The van der Waals surface area contributed by atoms with E-state index in [2.05, 4.69) is 11.6 Å². The molecule has 1 aliphatic heterocycles.